The highest BCUT2D eigenvalue weighted by atomic mass is 31.2. The van der Waals surface area contributed by atoms with Crippen LogP contribution in [0.15, 0.2) is 18.2 Å². The molecule has 0 heterocycles. The number of hydrogen-bond donors (Lipinski definition) is 3. The first-order valence-corrected chi connectivity index (χ1v) is 34.0. The van der Waals surface area contributed by atoms with Gasteiger partial charge in [0.05, 0.1) is 30.7 Å². The van der Waals surface area contributed by atoms with Crippen LogP contribution in [0.2, 0.25) is 0 Å². The maximum atomic E-state index is 12.9. The first kappa shape index (κ1) is 73.2. The molecule has 1 unspecified atom stereocenters. The van der Waals surface area contributed by atoms with E-state index in [1.807, 2.05) is 6.07 Å². The van der Waals surface area contributed by atoms with Gasteiger partial charge in [-0.25, -0.2) is 4.57 Å². The van der Waals surface area contributed by atoms with E-state index in [4.69, 9.17) is 18.5 Å². The molecule has 0 spiro atoms. The number of carboxylic acid groups (broad SMARTS) is 2. The molecule has 0 saturated heterocycles. The van der Waals surface area contributed by atoms with Crippen LogP contribution in [0.3, 0.4) is 0 Å². The SMILES string of the molecule is CCCCCCCCCCCCCCCCCCOC[C@@H](COP(=O)(O)OCCCCCCCCCCCc1cc(CC(C)(C)C(=O)O)cc(CC(C)(C)C(=O)O)c1)OCCCCCCCCCCCCCCCCCC. The van der Waals surface area contributed by atoms with Crippen molar-refractivity contribution in [1.82, 2.24) is 0 Å². The molecule has 11 heteroatoms. The van der Waals surface area contributed by atoms with Crippen molar-refractivity contribution in [3.05, 3.63) is 34.9 Å². The van der Waals surface area contributed by atoms with Crippen molar-refractivity contribution in [3.8, 4) is 0 Å². The fourth-order valence-corrected chi connectivity index (χ4v) is 11.2. The van der Waals surface area contributed by atoms with E-state index < -0.39 is 36.7 Å². The van der Waals surface area contributed by atoms with Gasteiger partial charge < -0.3 is 24.6 Å². The van der Waals surface area contributed by atoms with Gasteiger partial charge in [0.1, 0.15) is 6.10 Å². The number of hydrogen-bond acceptors (Lipinski definition) is 7. The minimum Gasteiger partial charge on any atom is -0.481 e. The van der Waals surface area contributed by atoms with Gasteiger partial charge in [-0.1, -0.05) is 270 Å². The molecule has 0 bridgehead atoms. The predicted molar refractivity (Wildman–Crippen MR) is 323 cm³/mol. The van der Waals surface area contributed by atoms with Gasteiger partial charge in [-0.15, -0.1) is 0 Å². The Bertz CT molecular complexity index is 1530. The lowest BCUT2D eigenvalue weighted by molar-refractivity contribution is -0.147. The topological polar surface area (TPSA) is 149 Å². The average Bonchev–Trinajstić information content (AvgIpc) is 3.38. The zero-order chi connectivity index (χ0) is 56.6. The van der Waals surface area contributed by atoms with Crippen LogP contribution < -0.4 is 0 Å². The van der Waals surface area contributed by atoms with E-state index in [0.717, 1.165) is 100 Å². The summed E-state index contributed by atoms with van der Waals surface area (Å²) in [6.07, 6.45) is 53.0. The summed E-state index contributed by atoms with van der Waals surface area (Å²) in [5, 5.41) is 19.4. The molecule has 0 aliphatic heterocycles. The Morgan fingerprint density at radius 3 is 1.06 bits per heavy atom. The monoisotopic (exact) mass is 1110 g/mol. The van der Waals surface area contributed by atoms with Gasteiger partial charge in [0.25, 0.3) is 0 Å². The van der Waals surface area contributed by atoms with E-state index in [-0.39, 0.29) is 13.2 Å². The van der Waals surface area contributed by atoms with E-state index in [9.17, 15) is 29.3 Å². The molecule has 1 aromatic rings. The number of ether oxygens (including phenoxy) is 2. The largest absolute Gasteiger partial charge is 0.481 e. The average molecular weight is 1110 g/mol. The molecule has 0 fully saturated rings. The van der Waals surface area contributed by atoms with E-state index in [1.54, 1.807) is 27.7 Å². The summed E-state index contributed by atoms with van der Waals surface area (Å²) in [5.41, 5.74) is 1.20. The zero-order valence-electron chi connectivity index (χ0n) is 51.1. The molecule has 10 nitrogen and oxygen atoms in total. The normalized spacial score (nSPS) is 13.3. The highest BCUT2D eigenvalue weighted by Crippen LogP contribution is 2.43. The molecule has 1 rings (SSSR count). The first-order chi connectivity index (χ1) is 37.1. The lowest BCUT2D eigenvalue weighted by Crippen LogP contribution is -2.27. The minimum absolute atomic E-state index is 0.0325. The van der Waals surface area contributed by atoms with E-state index in [1.165, 1.54) is 180 Å². The Kier molecular flexibility index (Phi) is 46.4. The van der Waals surface area contributed by atoms with E-state index in [0.29, 0.717) is 39.1 Å². The molecular formula is C66H123O10P. The Morgan fingerprint density at radius 1 is 0.416 bits per heavy atom. The number of unbranched alkanes of at least 4 members (excludes halogenated alkanes) is 38. The van der Waals surface area contributed by atoms with Gasteiger partial charge in [-0.2, -0.15) is 0 Å². The molecule has 0 aliphatic rings. The quantitative estimate of drug-likeness (QED) is 0.0425. The van der Waals surface area contributed by atoms with Gasteiger partial charge in [-0.3, -0.25) is 18.6 Å². The Labute approximate surface area is 474 Å². The van der Waals surface area contributed by atoms with Crippen molar-refractivity contribution < 1.29 is 47.8 Å². The van der Waals surface area contributed by atoms with Crippen LogP contribution >= 0.6 is 7.82 Å². The van der Waals surface area contributed by atoms with Crippen molar-refractivity contribution >= 4 is 19.8 Å². The number of phosphoric ester groups is 1. The van der Waals surface area contributed by atoms with Crippen LogP contribution in [0.25, 0.3) is 0 Å². The molecule has 0 aromatic heterocycles. The molecule has 0 aliphatic carbocycles. The first-order valence-electron chi connectivity index (χ1n) is 32.5. The smallest absolute Gasteiger partial charge is 0.472 e. The number of benzene rings is 1. The van der Waals surface area contributed by atoms with Crippen molar-refractivity contribution in [2.45, 2.75) is 330 Å². The number of rotatable bonds is 59. The number of aryl methyl sites for hydroxylation is 1. The highest BCUT2D eigenvalue weighted by molar-refractivity contribution is 7.47. The molecule has 2 atom stereocenters. The second-order valence-electron chi connectivity index (χ2n) is 24.6. The summed E-state index contributed by atoms with van der Waals surface area (Å²) in [6.45, 7) is 13.2. The summed E-state index contributed by atoms with van der Waals surface area (Å²) < 4.78 is 36.0. The summed E-state index contributed by atoms with van der Waals surface area (Å²) >= 11 is 0. The predicted octanol–water partition coefficient (Wildman–Crippen LogP) is 20.1. The Hall–Kier alpha value is -1.81. The van der Waals surface area contributed by atoms with Crippen LogP contribution in [0.4, 0.5) is 0 Å². The summed E-state index contributed by atoms with van der Waals surface area (Å²) in [5.74, 6) is -1.69. The lowest BCUT2D eigenvalue weighted by atomic mass is 9.81. The fraction of sp³-hybridized carbons (Fsp3) is 0.879. The minimum atomic E-state index is -4.22. The van der Waals surface area contributed by atoms with Gasteiger partial charge in [0.15, 0.2) is 0 Å². The van der Waals surface area contributed by atoms with Crippen molar-refractivity contribution in [2.24, 2.45) is 10.8 Å². The molecule has 0 saturated carbocycles. The molecule has 452 valence electrons. The molecule has 0 amide bonds. The second-order valence-corrected chi connectivity index (χ2v) is 26.0. The lowest BCUT2D eigenvalue weighted by Gasteiger charge is -2.23. The molecule has 77 heavy (non-hydrogen) atoms. The fourth-order valence-electron chi connectivity index (χ4n) is 10.4. The molecule has 0 radical (unpaired) electrons. The summed E-state index contributed by atoms with van der Waals surface area (Å²) in [7, 11) is -4.22. The molecule has 1 aromatic carbocycles. The van der Waals surface area contributed by atoms with Crippen LogP contribution in [0, 0.1) is 10.8 Å². The third-order valence-corrected chi connectivity index (χ3v) is 16.6. The highest BCUT2D eigenvalue weighted by Gasteiger charge is 2.30. The van der Waals surface area contributed by atoms with Crippen LogP contribution in [0.1, 0.15) is 321 Å². The summed E-state index contributed by atoms with van der Waals surface area (Å²) in [6, 6.07) is 6.18. The zero-order valence-corrected chi connectivity index (χ0v) is 52.0. The van der Waals surface area contributed by atoms with Gasteiger partial charge in [0, 0.05) is 13.2 Å². The molecular weight excluding hydrogens is 984 g/mol. The second kappa shape index (κ2) is 48.9. The Morgan fingerprint density at radius 2 is 0.714 bits per heavy atom. The number of aliphatic carboxylic acids is 2. The van der Waals surface area contributed by atoms with Crippen LogP contribution in [0.5, 0.6) is 0 Å². The van der Waals surface area contributed by atoms with Crippen LogP contribution in [-0.4, -0.2) is 66.2 Å². The van der Waals surface area contributed by atoms with Crippen molar-refractivity contribution in [3.63, 3.8) is 0 Å². The third kappa shape index (κ3) is 44.5. The number of phosphoric acid groups is 1. The van der Waals surface area contributed by atoms with E-state index >= 15 is 0 Å². The van der Waals surface area contributed by atoms with Crippen molar-refractivity contribution in [2.75, 3.05) is 33.0 Å². The van der Waals surface area contributed by atoms with Gasteiger partial charge >= 0.3 is 19.8 Å². The van der Waals surface area contributed by atoms with Crippen LogP contribution in [-0.2, 0) is 51.9 Å². The Balaban J connectivity index is 2.36. The van der Waals surface area contributed by atoms with Gasteiger partial charge in [-0.05, 0) is 89.3 Å². The standard InChI is InChI=1S/C66H123O10P/c1-7-9-11-13-15-17-19-21-23-25-27-29-33-37-41-45-49-73-57-62(74-50-46-42-38-34-30-28-26-24-22-20-18-16-14-12-10-8-2)58-76-77(71,72)75-51-47-43-39-35-31-32-36-40-44-48-59-52-60(55-65(3,4)63(67)68)54-61(53-59)56-66(5,6)64(69)70/h52-54,62H,7-51,55-58H2,1-6H3,(H,67,68)(H,69,70)(H,71,72)/t62-/m0/s1. The maximum Gasteiger partial charge on any atom is 0.472 e. The number of carbonyl (C=O) groups is 2. The maximum absolute atomic E-state index is 12.9. The number of carboxylic acids is 2. The van der Waals surface area contributed by atoms with Gasteiger partial charge in [0.2, 0.25) is 0 Å². The third-order valence-electron chi connectivity index (χ3n) is 15.6. The molecule has 3 N–H and O–H groups in total. The van der Waals surface area contributed by atoms with E-state index in [2.05, 4.69) is 26.0 Å². The van der Waals surface area contributed by atoms with Crippen molar-refractivity contribution in [1.29, 1.82) is 0 Å². The summed E-state index contributed by atoms with van der Waals surface area (Å²) in [4.78, 5) is 34.3.